The van der Waals surface area contributed by atoms with Gasteiger partial charge in [-0.3, -0.25) is 0 Å². The van der Waals surface area contributed by atoms with Gasteiger partial charge in [-0.25, -0.2) is 24.3 Å². The molecule has 50 valence electrons. The van der Waals surface area contributed by atoms with E-state index in [0.29, 0.717) is 0 Å². The average molecular weight is 215 g/mol. The van der Waals surface area contributed by atoms with Crippen LogP contribution in [0.15, 0.2) is 33.9 Å². The van der Waals surface area contributed by atoms with Gasteiger partial charge in [-0.1, -0.05) is 0 Å². The van der Waals surface area contributed by atoms with Gasteiger partial charge in [0.2, 0.25) is 0 Å². The van der Waals surface area contributed by atoms with Crippen molar-refractivity contribution in [3.05, 3.63) is 44.7 Å². The van der Waals surface area contributed by atoms with Crippen molar-refractivity contribution in [3.63, 3.8) is 0 Å². The van der Waals surface area contributed by atoms with E-state index in [-0.39, 0.29) is 31.3 Å². The fourth-order valence-electron chi connectivity index (χ4n) is 0.440. The summed E-state index contributed by atoms with van der Waals surface area (Å²) in [4.78, 5) is 20.6. The molecule has 0 saturated heterocycles. The van der Waals surface area contributed by atoms with E-state index >= 15 is 0 Å². The van der Waals surface area contributed by atoms with Crippen molar-refractivity contribution in [3.8, 4) is 0 Å². The molecular weight excluding hydrogens is 210 g/mol. The second-order valence-corrected chi connectivity index (χ2v) is 1.47. The van der Waals surface area contributed by atoms with Gasteiger partial charge < -0.3 is 9.59 Å². The van der Waals surface area contributed by atoms with Crippen LogP contribution in [0.2, 0.25) is 0 Å². The molecule has 1 aromatic rings. The molecule has 0 aliphatic rings. The summed E-state index contributed by atoms with van der Waals surface area (Å²) < 4.78 is 0. The molecule has 0 aromatic heterocycles. The third kappa shape index (κ3) is 2.50. The third-order valence-corrected chi connectivity index (χ3v) is 0.824. The standard InChI is InChI=1S/C6H4O2.Pd/c7-5-1-2-6(8)4-3-5;/h1-4H;/q-2;+2. The van der Waals surface area contributed by atoms with Crippen LogP contribution in [-0.2, 0) is 20.4 Å². The third-order valence-electron chi connectivity index (χ3n) is 0.824. The molecular formula is C6H4O2Pd. The largest absolute Gasteiger partial charge is 2.00 e. The minimum absolute atomic E-state index is 0. The first-order chi connectivity index (χ1) is 3.79. The van der Waals surface area contributed by atoms with E-state index in [2.05, 4.69) is 0 Å². The van der Waals surface area contributed by atoms with E-state index in [1.54, 1.807) is 0 Å². The van der Waals surface area contributed by atoms with Crippen LogP contribution in [0.25, 0.3) is 0 Å². The van der Waals surface area contributed by atoms with E-state index in [4.69, 9.17) is 0 Å². The van der Waals surface area contributed by atoms with Crippen LogP contribution >= 0.6 is 0 Å². The van der Waals surface area contributed by atoms with Gasteiger partial charge in [-0.05, 0) is 10.9 Å². The topological polar surface area (TPSA) is 34.1 Å². The molecule has 0 bridgehead atoms. The Bertz CT molecular complexity index is 218. The first kappa shape index (κ1) is 8.48. The molecule has 0 saturated carbocycles. The minimum atomic E-state index is -0.121. The monoisotopic (exact) mass is 214 g/mol. The summed E-state index contributed by atoms with van der Waals surface area (Å²) in [6, 6.07) is 5.01. The zero-order chi connectivity index (χ0) is 5.98. The molecule has 9 heavy (non-hydrogen) atoms. The number of benzene rings is 1. The van der Waals surface area contributed by atoms with Crippen LogP contribution in [0.5, 0.6) is 0 Å². The molecule has 1 rings (SSSR count). The molecule has 0 atom stereocenters. The molecule has 0 aliphatic carbocycles. The zero-order valence-corrected chi connectivity index (χ0v) is 6.00. The maximum absolute atomic E-state index is 10.3. The van der Waals surface area contributed by atoms with Gasteiger partial charge in [-0.2, -0.15) is 0 Å². The average Bonchev–Trinajstić information content (AvgIpc) is 1.77. The summed E-state index contributed by atoms with van der Waals surface area (Å²) >= 11 is 0. The van der Waals surface area contributed by atoms with Crippen LogP contribution in [0.1, 0.15) is 0 Å². The summed E-state index contributed by atoms with van der Waals surface area (Å²) in [6.45, 7) is 0. The fourth-order valence-corrected chi connectivity index (χ4v) is 0.440. The molecule has 0 unspecified atom stereocenters. The predicted molar refractivity (Wildman–Crippen MR) is 30.2 cm³/mol. The number of rotatable bonds is 0. The van der Waals surface area contributed by atoms with Crippen LogP contribution in [0.4, 0.5) is 0 Å². The van der Waals surface area contributed by atoms with Crippen LogP contribution in [0, 0.1) is 0 Å². The zero-order valence-electron chi connectivity index (χ0n) is 4.44. The van der Waals surface area contributed by atoms with E-state index in [1.807, 2.05) is 0 Å². The van der Waals surface area contributed by atoms with Crippen molar-refractivity contribution in [1.82, 2.24) is 0 Å². The molecule has 0 fully saturated rings. The molecule has 0 radical (unpaired) electrons. The smallest absolute Gasteiger partial charge is 0.395 e. The van der Waals surface area contributed by atoms with Crippen LogP contribution < -0.4 is 10.9 Å². The predicted octanol–water partition coefficient (Wildman–Crippen LogP) is -0.158. The van der Waals surface area contributed by atoms with E-state index in [9.17, 15) is 9.59 Å². The summed E-state index contributed by atoms with van der Waals surface area (Å²) in [6.07, 6.45) is 0. The normalized spacial score (nSPS) is 8.00. The maximum Gasteiger partial charge on any atom is 2.00 e. The van der Waals surface area contributed by atoms with Crippen LogP contribution in [-0.4, -0.2) is 0 Å². The summed E-state index contributed by atoms with van der Waals surface area (Å²) in [5, 5.41) is 0. The quantitative estimate of drug-likeness (QED) is 0.444. The Balaban J connectivity index is 0.000000640. The molecule has 2 nitrogen and oxygen atoms in total. The molecule has 1 aromatic carbocycles. The van der Waals surface area contributed by atoms with Gasteiger partial charge in [0.15, 0.2) is 0 Å². The van der Waals surface area contributed by atoms with Crippen molar-refractivity contribution in [1.29, 1.82) is 0 Å². The van der Waals surface area contributed by atoms with E-state index in [0.717, 1.165) is 0 Å². The van der Waals surface area contributed by atoms with Gasteiger partial charge in [0.25, 0.3) is 0 Å². The molecule has 0 heterocycles. The Hall–Kier alpha value is -0.518. The van der Waals surface area contributed by atoms with Gasteiger partial charge in [-0.15, -0.1) is 0 Å². The van der Waals surface area contributed by atoms with Gasteiger partial charge >= 0.3 is 20.4 Å². The number of hydrogen-bond donors (Lipinski definition) is 0. The summed E-state index contributed by atoms with van der Waals surface area (Å²) in [5.41, 5.74) is -0.241. The van der Waals surface area contributed by atoms with Crippen molar-refractivity contribution in [2.24, 2.45) is 0 Å². The fraction of sp³-hybridized carbons (Fsp3) is 0. The molecule has 0 N–H and O–H groups in total. The number of hydrogen-bond acceptors (Lipinski definition) is 2. The Morgan fingerprint density at radius 2 is 1.33 bits per heavy atom. The Morgan fingerprint density at radius 3 is 1.56 bits per heavy atom. The Kier molecular flexibility index (Phi) is 3.30. The van der Waals surface area contributed by atoms with Crippen molar-refractivity contribution < 1.29 is 20.4 Å². The minimum Gasteiger partial charge on any atom is -0.395 e. The maximum atomic E-state index is 10.3. The van der Waals surface area contributed by atoms with Gasteiger partial charge in [0.05, 0.1) is 0 Å². The SMILES string of the molecule is O=c1ccc(=O)[cH-][cH-]1.[Pd+2]. The molecule has 0 amide bonds. The molecule has 0 aliphatic heterocycles. The van der Waals surface area contributed by atoms with E-state index in [1.165, 1.54) is 24.3 Å². The summed E-state index contributed by atoms with van der Waals surface area (Å²) in [5.74, 6) is 0. The second-order valence-electron chi connectivity index (χ2n) is 1.47. The summed E-state index contributed by atoms with van der Waals surface area (Å²) in [7, 11) is 0. The first-order valence-corrected chi connectivity index (χ1v) is 2.23. The van der Waals surface area contributed by atoms with Gasteiger partial charge in [0, 0.05) is 0 Å². The molecule has 0 spiro atoms. The van der Waals surface area contributed by atoms with Crippen molar-refractivity contribution >= 4 is 0 Å². The Labute approximate surface area is 65.5 Å². The van der Waals surface area contributed by atoms with E-state index < -0.39 is 0 Å². The van der Waals surface area contributed by atoms with Crippen LogP contribution in [0.3, 0.4) is 0 Å². The second kappa shape index (κ2) is 3.50. The van der Waals surface area contributed by atoms with Crippen molar-refractivity contribution in [2.75, 3.05) is 0 Å². The van der Waals surface area contributed by atoms with Crippen molar-refractivity contribution in [2.45, 2.75) is 0 Å². The first-order valence-electron chi connectivity index (χ1n) is 2.23. The van der Waals surface area contributed by atoms with Gasteiger partial charge in [0.1, 0.15) is 0 Å². The molecule has 3 heteroatoms. The Morgan fingerprint density at radius 1 is 1.00 bits per heavy atom.